The number of aryl methyl sites for hydroxylation is 1. The van der Waals surface area contributed by atoms with E-state index in [1.807, 2.05) is 25.2 Å². The number of nitrogens with zero attached hydrogens (tertiary/aromatic N) is 2. The molecular weight excluding hydrogens is 230 g/mol. The molecule has 0 saturated heterocycles. The molecule has 0 unspecified atom stereocenters. The van der Waals surface area contributed by atoms with E-state index in [0.29, 0.717) is 5.58 Å². The first-order valence-corrected chi connectivity index (χ1v) is 6.03. The van der Waals surface area contributed by atoms with Gasteiger partial charge in [0.05, 0.1) is 5.52 Å². The fraction of sp³-hybridized carbons (Fsp3) is 0.462. The number of hydrogen-bond acceptors (Lipinski definition) is 4. The van der Waals surface area contributed by atoms with Crippen LogP contribution in [0.5, 0.6) is 0 Å². The summed E-state index contributed by atoms with van der Waals surface area (Å²) in [5.74, 6) is -0.311. The number of benzene rings is 1. The molecule has 5 heteroatoms. The maximum absolute atomic E-state index is 11.4. The molecule has 18 heavy (non-hydrogen) atoms. The van der Waals surface area contributed by atoms with Crippen LogP contribution in [0.15, 0.2) is 27.4 Å². The van der Waals surface area contributed by atoms with E-state index >= 15 is 0 Å². The van der Waals surface area contributed by atoms with Gasteiger partial charge in [-0.2, -0.15) is 0 Å². The van der Waals surface area contributed by atoms with Gasteiger partial charge in [0, 0.05) is 20.3 Å². The van der Waals surface area contributed by atoms with Crippen molar-refractivity contribution in [1.82, 2.24) is 14.8 Å². The average Bonchev–Trinajstić information content (AvgIpc) is 2.63. The van der Waals surface area contributed by atoms with Gasteiger partial charge in [0.25, 0.3) is 0 Å². The number of hydrogen-bond donors (Lipinski definition) is 1. The van der Waals surface area contributed by atoms with Gasteiger partial charge in [-0.05, 0) is 38.2 Å². The third-order valence-corrected chi connectivity index (χ3v) is 3.07. The Morgan fingerprint density at radius 2 is 2.22 bits per heavy atom. The highest BCUT2D eigenvalue weighted by Gasteiger charge is 2.06. The number of fused-ring (bicyclic) bond motifs is 1. The fourth-order valence-corrected chi connectivity index (χ4v) is 2.00. The Bertz CT molecular complexity index is 585. The highest BCUT2D eigenvalue weighted by atomic mass is 16.4. The van der Waals surface area contributed by atoms with Crippen LogP contribution in [0.4, 0.5) is 0 Å². The van der Waals surface area contributed by atoms with E-state index in [1.165, 1.54) is 10.1 Å². The van der Waals surface area contributed by atoms with Crippen LogP contribution in [0.1, 0.15) is 5.56 Å². The Morgan fingerprint density at radius 1 is 1.44 bits per heavy atom. The van der Waals surface area contributed by atoms with Gasteiger partial charge in [0.2, 0.25) is 0 Å². The molecule has 0 radical (unpaired) electrons. The molecule has 0 atom stereocenters. The standard InChI is InChI=1S/C13H19N3O2/c1-14-9-15(2)7-6-10-4-5-11-12(8-10)18-13(17)16(11)3/h4-5,8,14H,6-7,9H2,1-3H3. The van der Waals surface area contributed by atoms with Crippen molar-refractivity contribution in [2.75, 3.05) is 27.3 Å². The van der Waals surface area contributed by atoms with E-state index in [9.17, 15) is 4.79 Å². The number of likely N-dealkylation sites (N-methyl/N-ethyl adjacent to an activating group) is 1. The van der Waals surface area contributed by atoms with Crippen LogP contribution in [0.3, 0.4) is 0 Å². The smallest absolute Gasteiger partial charge is 0.408 e. The van der Waals surface area contributed by atoms with Crippen LogP contribution < -0.4 is 11.1 Å². The molecule has 0 aliphatic carbocycles. The minimum atomic E-state index is -0.311. The van der Waals surface area contributed by atoms with Crippen molar-refractivity contribution in [2.24, 2.45) is 7.05 Å². The molecule has 0 spiro atoms. The zero-order chi connectivity index (χ0) is 13.1. The van der Waals surface area contributed by atoms with Gasteiger partial charge in [0.1, 0.15) is 0 Å². The summed E-state index contributed by atoms with van der Waals surface area (Å²) >= 11 is 0. The van der Waals surface area contributed by atoms with Gasteiger partial charge in [-0.25, -0.2) is 4.79 Å². The second kappa shape index (κ2) is 5.37. The molecule has 5 nitrogen and oxygen atoms in total. The van der Waals surface area contributed by atoms with Gasteiger partial charge in [0.15, 0.2) is 5.58 Å². The van der Waals surface area contributed by atoms with E-state index in [0.717, 1.165) is 25.2 Å². The largest absolute Gasteiger partial charge is 0.419 e. The molecule has 1 heterocycles. The molecule has 0 saturated carbocycles. The van der Waals surface area contributed by atoms with Crippen LogP contribution in [-0.2, 0) is 13.5 Å². The average molecular weight is 249 g/mol. The maximum Gasteiger partial charge on any atom is 0.419 e. The summed E-state index contributed by atoms with van der Waals surface area (Å²) in [4.78, 5) is 13.6. The van der Waals surface area contributed by atoms with Crippen LogP contribution in [0, 0.1) is 0 Å². The van der Waals surface area contributed by atoms with Crippen molar-refractivity contribution in [3.63, 3.8) is 0 Å². The first kappa shape index (κ1) is 12.9. The lowest BCUT2D eigenvalue weighted by Gasteiger charge is -2.15. The molecule has 98 valence electrons. The van der Waals surface area contributed by atoms with E-state index < -0.39 is 0 Å². The highest BCUT2D eigenvalue weighted by Crippen LogP contribution is 2.14. The summed E-state index contributed by atoms with van der Waals surface area (Å²) < 4.78 is 6.70. The maximum atomic E-state index is 11.4. The van der Waals surface area contributed by atoms with Crippen LogP contribution in [0.25, 0.3) is 11.1 Å². The Morgan fingerprint density at radius 3 is 2.94 bits per heavy atom. The Labute approximate surface area is 106 Å². The van der Waals surface area contributed by atoms with Crippen LogP contribution >= 0.6 is 0 Å². The lowest BCUT2D eigenvalue weighted by atomic mass is 10.1. The van der Waals surface area contributed by atoms with Crippen LogP contribution in [-0.4, -0.2) is 36.8 Å². The summed E-state index contributed by atoms with van der Waals surface area (Å²) in [5, 5.41) is 3.11. The Kier molecular flexibility index (Phi) is 3.84. The lowest BCUT2D eigenvalue weighted by Crippen LogP contribution is -2.30. The molecule has 1 aromatic heterocycles. The second-order valence-electron chi connectivity index (χ2n) is 4.57. The van der Waals surface area contributed by atoms with Gasteiger partial charge in [-0.1, -0.05) is 6.07 Å². The Hall–Kier alpha value is -1.59. The SMILES string of the molecule is CNCN(C)CCc1ccc2c(c1)oc(=O)n2C. The minimum Gasteiger partial charge on any atom is -0.408 e. The fourth-order valence-electron chi connectivity index (χ4n) is 2.00. The molecule has 0 fully saturated rings. The van der Waals surface area contributed by atoms with Gasteiger partial charge < -0.3 is 9.73 Å². The zero-order valence-electron chi connectivity index (χ0n) is 11.1. The summed E-state index contributed by atoms with van der Waals surface area (Å²) in [7, 11) is 5.72. The lowest BCUT2D eigenvalue weighted by molar-refractivity contribution is 0.321. The number of aromatic nitrogens is 1. The molecule has 0 aliphatic heterocycles. The molecule has 0 bridgehead atoms. The molecule has 1 N–H and O–H groups in total. The summed E-state index contributed by atoms with van der Waals surface area (Å²) in [6, 6.07) is 5.93. The molecule has 1 aromatic carbocycles. The highest BCUT2D eigenvalue weighted by molar-refractivity contribution is 5.73. The molecule has 0 aliphatic rings. The second-order valence-corrected chi connectivity index (χ2v) is 4.57. The number of rotatable bonds is 5. The number of nitrogens with one attached hydrogen (secondary N) is 1. The van der Waals surface area contributed by atoms with E-state index in [-0.39, 0.29) is 5.76 Å². The Balaban J connectivity index is 2.13. The molecule has 2 aromatic rings. The molecule has 0 amide bonds. The van der Waals surface area contributed by atoms with Crippen molar-refractivity contribution in [2.45, 2.75) is 6.42 Å². The first-order chi connectivity index (χ1) is 8.61. The van der Waals surface area contributed by atoms with Crippen molar-refractivity contribution < 1.29 is 4.42 Å². The topological polar surface area (TPSA) is 50.4 Å². The molecular formula is C13H19N3O2. The quantitative estimate of drug-likeness (QED) is 0.796. The van der Waals surface area contributed by atoms with Gasteiger partial charge in [-0.15, -0.1) is 0 Å². The van der Waals surface area contributed by atoms with Crippen molar-refractivity contribution >= 4 is 11.1 Å². The van der Waals surface area contributed by atoms with Gasteiger partial charge in [-0.3, -0.25) is 9.47 Å². The zero-order valence-corrected chi connectivity index (χ0v) is 11.1. The van der Waals surface area contributed by atoms with Crippen molar-refractivity contribution in [3.8, 4) is 0 Å². The third-order valence-electron chi connectivity index (χ3n) is 3.07. The monoisotopic (exact) mass is 249 g/mol. The third kappa shape index (κ3) is 2.63. The predicted octanol–water partition coefficient (Wildman–Crippen LogP) is 0.783. The van der Waals surface area contributed by atoms with Crippen molar-refractivity contribution in [1.29, 1.82) is 0 Å². The first-order valence-electron chi connectivity index (χ1n) is 6.03. The summed E-state index contributed by atoms with van der Waals surface area (Å²) in [6.07, 6.45) is 0.937. The summed E-state index contributed by atoms with van der Waals surface area (Å²) in [6.45, 7) is 1.83. The van der Waals surface area contributed by atoms with Crippen molar-refractivity contribution in [3.05, 3.63) is 34.3 Å². The van der Waals surface area contributed by atoms with E-state index in [2.05, 4.69) is 17.3 Å². The van der Waals surface area contributed by atoms with E-state index in [1.54, 1.807) is 7.05 Å². The van der Waals surface area contributed by atoms with Gasteiger partial charge >= 0.3 is 5.76 Å². The molecule has 2 rings (SSSR count). The summed E-state index contributed by atoms with van der Waals surface area (Å²) in [5.41, 5.74) is 2.68. The van der Waals surface area contributed by atoms with E-state index in [4.69, 9.17) is 4.42 Å². The minimum absolute atomic E-state index is 0.311. The predicted molar refractivity (Wildman–Crippen MR) is 71.7 cm³/mol. The normalized spacial score (nSPS) is 11.6. The van der Waals surface area contributed by atoms with Crippen LogP contribution in [0.2, 0.25) is 0 Å². The number of oxazole rings is 1.